The third kappa shape index (κ3) is 5.21. The number of ether oxygens (including phenoxy) is 2. The first-order chi connectivity index (χ1) is 11.5. The number of nitrogens with two attached hydrogens (primary N) is 1. The van der Waals surface area contributed by atoms with Crippen molar-refractivity contribution in [2.24, 2.45) is 11.7 Å². The smallest absolute Gasteiger partial charge is 0.279 e. The molecule has 2 aromatic rings. The molecule has 130 valence electrons. The van der Waals surface area contributed by atoms with E-state index in [9.17, 15) is 4.79 Å². The van der Waals surface area contributed by atoms with E-state index in [0.29, 0.717) is 27.5 Å². The number of benzene rings is 1. The molecule has 0 bridgehead atoms. The van der Waals surface area contributed by atoms with Gasteiger partial charge in [-0.2, -0.15) is 0 Å². The number of hydrogen-bond donors (Lipinski definition) is 2. The molecule has 0 saturated carbocycles. The predicted molar refractivity (Wildman–Crippen MR) is 94.9 cm³/mol. The minimum atomic E-state index is -0.517. The van der Waals surface area contributed by atoms with E-state index in [4.69, 9.17) is 15.2 Å². The van der Waals surface area contributed by atoms with E-state index in [0.717, 1.165) is 36.4 Å². The lowest BCUT2D eigenvalue weighted by Crippen LogP contribution is -2.16. The summed E-state index contributed by atoms with van der Waals surface area (Å²) in [6.45, 7) is 6.16. The lowest BCUT2D eigenvalue weighted by atomic mass is 10.1. The molecule has 0 aliphatic rings. The first-order valence-electron chi connectivity index (χ1n) is 7.80. The monoisotopic (exact) mass is 349 g/mol. The quantitative estimate of drug-likeness (QED) is 0.679. The van der Waals surface area contributed by atoms with Crippen molar-refractivity contribution in [3.8, 4) is 16.7 Å². The average Bonchev–Trinajstić information content (AvgIpc) is 3.01. The third-order valence-electron chi connectivity index (χ3n) is 3.38. The molecule has 1 amide bonds. The maximum absolute atomic E-state index is 11.1. The van der Waals surface area contributed by atoms with Gasteiger partial charge in [-0.1, -0.05) is 31.3 Å². The molecule has 0 spiro atoms. The van der Waals surface area contributed by atoms with Crippen molar-refractivity contribution < 1.29 is 14.3 Å². The lowest BCUT2D eigenvalue weighted by molar-refractivity contribution is 0.100. The summed E-state index contributed by atoms with van der Waals surface area (Å²) in [5.41, 5.74) is 6.33. The minimum absolute atomic E-state index is 0.352. The Morgan fingerprint density at radius 1 is 1.38 bits per heavy atom. The van der Waals surface area contributed by atoms with Crippen molar-refractivity contribution in [2.75, 3.05) is 13.7 Å². The summed E-state index contributed by atoms with van der Waals surface area (Å²) in [6, 6.07) is 5.74. The Morgan fingerprint density at radius 2 is 2.17 bits per heavy atom. The van der Waals surface area contributed by atoms with Crippen LogP contribution in [0.4, 0.5) is 0 Å². The normalized spacial score (nSPS) is 10.8. The Kier molecular flexibility index (Phi) is 6.57. The van der Waals surface area contributed by atoms with Gasteiger partial charge in [0.15, 0.2) is 11.5 Å². The Labute approximate surface area is 146 Å². The first-order valence-corrected chi connectivity index (χ1v) is 8.62. The molecule has 6 nitrogen and oxygen atoms in total. The van der Waals surface area contributed by atoms with Crippen LogP contribution in [0.15, 0.2) is 24.4 Å². The molecule has 3 N–H and O–H groups in total. The summed E-state index contributed by atoms with van der Waals surface area (Å²) in [7, 11) is 1.59. The Balaban J connectivity index is 2.01. The van der Waals surface area contributed by atoms with E-state index in [2.05, 4.69) is 24.1 Å². The molecule has 0 fully saturated rings. The van der Waals surface area contributed by atoms with Gasteiger partial charge in [0.05, 0.1) is 13.3 Å². The second-order valence-electron chi connectivity index (χ2n) is 5.80. The van der Waals surface area contributed by atoms with Gasteiger partial charge in [0.1, 0.15) is 4.88 Å². The molecule has 0 atom stereocenters. The van der Waals surface area contributed by atoms with Crippen molar-refractivity contribution in [3.63, 3.8) is 0 Å². The SMILES string of the molecule is COc1cc(CNCCC(C)C)ccc1Oc1ncc(C(N)=O)s1. The van der Waals surface area contributed by atoms with Crippen LogP contribution in [0.25, 0.3) is 0 Å². The molecular formula is C17H23N3O3S. The number of carbonyl (C=O) groups is 1. The van der Waals surface area contributed by atoms with Gasteiger partial charge in [-0.25, -0.2) is 4.98 Å². The van der Waals surface area contributed by atoms with Crippen molar-refractivity contribution in [3.05, 3.63) is 34.8 Å². The van der Waals surface area contributed by atoms with Gasteiger partial charge in [-0.15, -0.1) is 0 Å². The molecular weight excluding hydrogens is 326 g/mol. The number of thiazole rings is 1. The minimum Gasteiger partial charge on any atom is -0.493 e. The number of primary amides is 1. The van der Waals surface area contributed by atoms with Crippen LogP contribution in [0.1, 0.15) is 35.5 Å². The van der Waals surface area contributed by atoms with Crippen molar-refractivity contribution >= 4 is 17.2 Å². The maximum atomic E-state index is 11.1. The number of nitrogens with zero attached hydrogens (tertiary/aromatic N) is 1. The summed E-state index contributed by atoms with van der Waals surface area (Å²) < 4.78 is 11.1. The molecule has 1 heterocycles. The standard InChI is InChI=1S/C17H23N3O3S/c1-11(2)6-7-19-9-12-4-5-13(14(8-12)22-3)23-17-20-10-15(24-17)16(18)21/h4-5,8,10-11,19H,6-7,9H2,1-3H3,(H2,18,21). The average molecular weight is 349 g/mol. The van der Waals surface area contributed by atoms with E-state index in [1.54, 1.807) is 7.11 Å². The van der Waals surface area contributed by atoms with Crippen LogP contribution < -0.4 is 20.5 Å². The van der Waals surface area contributed by atoms with Crippen LogP contribution >= 0.6 is 11.3 Å². The Morgan fingerprint density at radius 3 is 2.79 bits per heavy atom. The van der Waals surface area contributed by atoms with E-state index < -0.39 is 5.91 Å². The molecule has 24 heavy (non-hydrogen) atoms. The number of hydrogen-bond acceptors (Lipinski definition) is 6. The topological polar surface area (TPSA) is 86.5 Å². The van der Waals surface area contributed by atoms with Gasteiger partial charge in [-0.3, -0.25) is 4.79 Å². The van der Waals surface area contributed by atoms with E-state index in [1.165, 1.54) is 6.20 Å². The summed E-state index contributed by atoms with van der Waals surface area (Å²) in [5, 5.41) is 3.76. The second-order valence-corrected chi connectivity index (χ2v) is 6.79. The van der Waals surface area contributed by atoms with Crippen LogP contribution in [0.5, 0.6) is 16.7 Å². The number of methoxy groups -OCH3 is 1. The summed E-state index contributed by atoms with van der Waals surface area (Å²) >= 11 is 1.10. The van der Waals surface area contributed by atoms with Crippen molar-refractivity contribution in [1.82, 2.24) is 10.3 Å². The molecule has 1 aromatic carbocycles. The number of nitrogens with one attached hydrogen (secondary N) is 1. The lowest BCUT2D eigenvalue weighted by Gasteiger charge is -2.11. The van der Waals surface area contributed by atoms with Crippen LogP contribution in [-0.2, 0) is 6.54 Å². The molecule has 0 saturated heterocycles. The highest BCUT2D eigenvalue weighted by Crippen LogP contribution is 2.34. The largest absolute Gasteiger partial charge is 0.493 e. The summed E-state index contributed by atoms with van der Waals surface area (Å²) in [6.07, 6.45) is 2.55. The first kappa shape index (κ1) is 18.2. The van der Waals surface area contributed by atoms with Gasteiger partial charge in [0.25, 0.3) is 11.1 Å². The molecule has 1 aromatic heterocycles. The number of amides is 1. The molecule has 0 radical (unpaired) electrons. The summed E-state index contributed by atoms with van der Waals surface area (Å²) in [4.78, 5) is 15.5. The summed E-state index contributed by atoms with van der Waals surface area (Å²) in [5.74, 6) is 1.34. The highest BCUT2D eigenvalue weighted by Gasteiger charge is 2.12. The zero-order valence-corrected chi connectivity index (χ0v) is 15.0. The zero-order chi connectivity index (χ0) is 17.5. The number of aromatic nitrogens is 1. The number of rotatable bonds is 9. The molecule has 0 unspecified atom stereocenters. The van der Waals surface area contributed by atoms with Gasteiger partial charge in [0.2, 0.25) is 0 Å². The fourth-order valence-corrected chi connectivity index (χ4v) is 2.67. The van der Waals surface area contributed by atoms with Crippen LogP contribution in [-0.4, -0.2) is 24.5 Å². The highest BCUT2D eigenvalue weighted by molar-refractivity contribution is 7.15. The van der Waals surface area contributed by atoms with E-state index >= 15 is 0 Å². The van der Waals surface area contributed by atoms with E-state index in [1.807, 2.05) is 18.2 Å². The molecule has 7 heteroatoms. The van der Waals surface area contributed by atoms with Crippen LogP contribution in [0.2, 0.25) is 0 Å². The fourth-order valence-electron chi connectivity index (χ4n) is 2.04. The third-order valence-corrected chi connectivity index (χ3v) is 4.27. The Hall–Kier alpha value is -2.12. The van der Waals surface area contributed by atoms with Crippen LogP contribution in [0, 0.1) is 5.92 Å². The predicted octanol–water partition coefficient (Wildman–Crippen LogP) is 3.18. The number of carbonyl (C=O) groups excluding carboxylic acids is 1. The van der Waals surface area contributed by atoms with Gasteiger partial charge < -0.3 is 20.5 Å². The molecule has 2 rings (SSSR count). The van der Waals surface area contributed by atoms with Crippen molar-refractivity contribution in [2.45, 2.75) is 26.8 Å². The highest BCUT2D eigenvalue weighted by atomic mass is 32.1. The van der Waals surface area contributed by atoms with Crippen molar-refractivity contribution in [1.29, 1.82) is 0 Å². The zero-order valence-electron chi connectivity index (χ0n) is 14.2. The van der Waals surface area contributed by atoms with Gasteiger partial charge in [0, 0.05) is 6.54 Å². The Bertz CT molecular complexity index is 685. The van der Waals surface area contributed by atoms with Gasteiger partial charge in [-0.05, 0) is 36.6 Å². The second kappa shape index (κ2) is 8.65. The molecule has 0 aliphatic carbocycles. The molecule has 0 aliphatic heterocycles. The van der Waals surface area contributed by atoms with Crippen LogP contribution in [0.3, 0.4) is 0 Å². The van der Waals surface area contributed by atoms with Gasteiger partial charge >= 0.3 is 0 Å². The van der Waals surface area contributed by atoms with E-state index in [-0.39, 0.29) is 0 Å². The maximum Gasteiger partial charge on any atom is 0.279 e. The fraction of sp³-hybridized carbons (Fsp3) is 0.412.